The van der Waals surface area contributed by atoms with E-state index in [2.05, 4.69) is 10.3 Å². The van der Waals surface area contributed by atoms with E-state index in [9.17, 15) is 4.79 Å². The summed E-state index contributed by atoms with van der Waals surface area (Å²) in [5, 5.41) is 2.78. The van der Waals surface area contributed by atoms with Crippen LogP contribution in [0.25, 0.3) is 10.2 Å². The third kappa shape index (κ3) is 3.44. The molecule has 0 fully saturated rings. The maximum Gasteiger partial charge on any atom is 0.263 e. The zero-order valence-corrected chi connectivity index (χ0v) is 12.0. The van der Waals surface area contributed by atoms with E-state index in [1.165, 1.54) is 11.3 Å². The molecular formula is C13H17N3O3S. The molecule has 0 aromatic carbocycles. The lowest BCUT2D eigenvalue weighted by atomic mass is 10.3. The number of hydrogen-bond donors (Lipinski definition) is 2. The largest absolute Gasteiger partial charge is 0.396 e. The highest BCUT2D eigenvalue weighted by Gasteiger charge is 2.16. The second-order valence-electron chi connectivity index (χ2n) is 4.06. The molecule has 2 rings (SSSR count). The number of nitrogens with one attached hydrogen (secondary N) is 1. The van der Waals surface area contributed by atoms with Gasteiger partial charge >= 0.3 is 0 Å². The Morgan fingerprint density at radius 2 is 2.30 bits per heavy atom. The summed E-state index contributed by atoms with van der Waals surface area (Å²) >= 11 is 1.34. The molecule has 0 atom stereocenters. The third-order valence-electron chi connectivity index (χ3n) is 2.65. The predicted octanol–water partition coefficient (Wildman–Crippen LogP) is 1.27. The minimum Gasteiger partial charge on any atom is -0.396 e. The molecule has 0 unspecified atom stereocenters. The van der Waals surface area contributed by atoms with Crippen molar-refractivity contribution in [1.82, 2.24) is 10.3 Å². The van der Waals surface area contributed by atoms with Gasteiger partial charge in [-0.05, 0) is 12.1 Å². The number of methoxy groups -OCH3 is 1. The van der Waals surface area contributed by atoms with Crippen LogP contribution in [0.1, 0.15) is 9.67 Å². The molecule has 0 spiro atoms. The minimum atomic E-state index is -0.194. The monoisotopic (exact) mass is 295 g/mol. The van der Waals surface area contributed by atoms with Gasteiger partial charge in [-0.2, -0.15) is 0 Å². The van der Waals surface area contributed by atoms with Gasteiger partial charge in [-0.3, -0.25) is 9.78 Å². The molecule has 0 aliphatic rings. The number of fused-ring (bicyclic) bond motifs is 1. The maximum atomic E-state index is 12.0. The molecule has 0 aliphatic heterocycles. The van der Waals surface area contributed by atoms with E-state index in [0.717, 1.165) is 4.70 Å². The number of nitrogen functional groups attached to an aromatic ring is 1. The second kappa shape index (κ2) is 7.18. The molecule has 7 heteroatoms. The number of rotatable bonds is 7. The number of hydrogen-bond acceptors (Lipinski definition) is 6. The summed E-state index contributed by atoms with van der Waals surface area (Å²) in [5.41, 5.74) is 7.06. The smallest absolute Gasteiger partial charge is 0.263 e. The summed E-state index contributed by atoms with van der Waals surface area (Å²) in [5.74, 6) is -0.194. The molecule has 2 aromatic rings. The van der Waals surface area contributed by atoms with Crippen LogP contribution in [0.3, 0.4) is 0 Å². The number of nitrogens with two attached hydrogens (primary N) is 1. The second-order valence-corrected chi connectivity index (χ2v) is 5.11. The highest BCUT2D eigenvalue weighted by atomic mass is 32.1. The number of pyridine rings is 1. The quantitative estimate of drug-likeness (QED) is 0.751. The van der Waals surface area contributed by atoms with Crippen molar-refractivity contribution in [2.24, 2.45) is 0 Å². The van der Waals surface area contributed by atoms with Crippen molar-refractivity contribution >= 4 is 33.1 Å². The van der Waals surface area contributed by atoms with Crippen molar-refractivity contribution in [1.29, 1.82) is 0 Å². The van der Waals surface area contributed by atoms with Gasteiger partial charge in [0.05, 0.1) is 30.2 Å². The fourth-order valence-corrected chi connectivity index (χ4v) is 2.68. The summed E-state index contributed by atoms with van der Waals surface area (Å²) in [6.45, 7) is 1.94. The highest BCUT2D eigenvalue weighted by molar-refractivity contribution is 7.21. The summed E-state index contributed by atoms with van der Waals surface area (Å²) < 4.78 is 11.0. The Labute approximate surface area is 120 Å². The summed E-state index contributed by atoms with van der Waals surface area (Å²) in [4.78, 5) is 16.7. The molecule has 6 nitrogen and oxygen atoms in total. The number of anilines is 1. The van der Waals surface area contributed by atoms with Crippen LogP contribution in [0.5, 0.6) is 0 Å². The number of carbonyl (C=O) groups is 1. The van der Waals surface area contributed by atoms with Crippen molar-refractivity contribution in [3.8, 4) is 0 Å². The molecule has 0 saturated heterocycles. The standard InChI is InChI=1S/C13H17N3O3S/c1-18-7-8-19-6-5-16-13(17)12-10(14)11-9(20-12)3-2-4-15-11/h2-4H,5-8,14H2,1H3,(H,16,17). The van der Waals surface area contributed by atoms with Crippen LogP contribution in [0.2, 0.25) is 0 Å². The van der Waals surface area contributed by atoms with Crippen LogP contribution in [-0.4, -0.2) is 44.4 Å². The zero-order valence-electron chi connectivity index (χ0n) is 11.2. The first-order valence-corrected chi connectivity index (χ1v) is 7.03. The van der Waals surface area contributed by atoms with Crippen molar-refractivity contribution in [2.45, 2.75) is 0 Å². The summed E-state index contributed by atoms with van der Waals surface area (Å²) in [7, 11) is 1.61. The average molecular weight is 295 g/mol. The van der Waals surface area contributed by atoms with Crippen LogP contribution in [-0.2, 0) is 9.47 Å². The van der Waals surface area contributed by atoms with E-state index in [-0.39, 0.29) is 5.91 Å². The molecule has 0 saturated carbocycles. The molecule has 1 amide bonds. The fourth-order valence-electron chi connectivity index (χ4n) is 1.68. The van der Waals surface area contributed by atoms with Crippen molar-refractivity contribution in [3.63, 3.8) is 0 Å². The lowest BCUT2D eigenvalue weighted by molar-refractivity contribution is 0.0693. The number of thiophene rings is 1. The van der Waals surface area contributed by atoms with E-state index in [0.29, 0.717) is 42.4 Å². The van der Waals surface area contributed by atoms with Gasteiger partial charge in [0.25, 0.3) is 5.91 Å². The molecule has 0 bridgehead atoms. The lowest BCUT2D eigenvalue weighted by Crippen LogP contribution is -2.27. The van der Waals surface area contributed by atoms with Gasteiger partial charge in [0, 0.05) is 19.9 Å². The number of carbonyl (C=O) groups excluding carboxylic acids is 1. The molecule has 2 aromatic heterocycles. The van der Waals surface area contributed by atoms with E-state index >= 15 is 0 Å². The van der Waals surface area contributed by atoms with Crippen molar-refractivity contribution in [2.75, 3.05) is 39.2 Å². The highest BCUT2D eigenvalue weighted by Crippen LogP contribution is 2.31. The van der Waals surface area contributed by atoms with Gasteiger partial charge in [0.2, 0.25) is 0 Å². The SMILES string of the molecule is COCCOCCNC(=O)c1sc2cccnc2c1N. The molecule has 2 heterocycles. The average Bonchev–Trinajstić information content (AvgIpc) is 2.80. The van der Waals surface area contributed by atoms with Crippen LogP contribution in [0.15, 0.2) is 18.3 Å². The van der Waals surface area contributed by atoms with Gasteiger partial charge in [0.15, 0.2) is 0 Å². The summed E-state index contributed by atoms with van der Waals surface area (Å²) in [6, 6.07) is 3.72. The molecular weight excluding hydrogens is 278 g/mol. The first kappa shape index (κ1) is 14.7. The van der Waals surface area contributed by atoms with E-state index in [1.807, 2.05) is 12.1 Å². The molecule has 3 N–H and O–H groups in total. The van der Waals surface area contributed by atoms with Crippen LogP contribution in [0, 0.1) is 0 Å². The number of aromatic nitrogens is 1. The van der Waals surface area contributed by atoms with Gasteiger partial charge < -0.3 is 20.5 Å². The number of amides is 1. The zero-order chi connectivity index (χ0) is 14.4. The molecule has 108 valence electrons. The predicted molar refractivity (Wildman–Crippen MR) is 79.1 cm³/mol. The minimum absolute atomic E-state index is 0.194. The number of ether oxygens (including phenoxy) is 2. The van der Waals surface area contributed by atoms with Gasteiger partial charge in [-0.15, -0.1) is 11.3 Å². The molecule has 0 radical (unpaired) electrons. The van der Waals surface area contributed by atoms with Crippen LogP contribution in [0.4, 0.5) is 5.69 Å². The Morgan fingerprint density at radius 3 is 3.05 bits per heavy atom. The van der Waals surface area contributed by atoms with Crippen molar-refractivity contribution < 1.29 is 14.3 Å². The van der Waals surface area contributed by atoms with E-state index < -0.39 is 0 Å². The Hall–Kier alpha value is -1.70. The molecule has 20 heavy (non-hydrogen) atoms. The maximum absolute atomic E-state index is 12.0. The number of nitrogens with zero attached hydrogens (tertiary/aromatic N) is 1. The third-order valence-corrected chi connectivity index (χ3v) is 3.81. The Bertz CT molecular complexity index is 585. The van der Waals surface area contributed by atoms with Gasteiger partial charge in [-0.25, -0.2) is 0 Å². The van der Waals surface area contributed by atoms with Crippen LogP contribution >= 0.6 is 11.3 Å². The van der Waals surface area contributed by atoms with E-state index in [4.69, 9.17) is 15.2 Å². The lowest BCUT2D eigenvalue weighted by Gasteiger charge is -2.05. The van der Waals surface area contributed by atoms with Crippen LogP contribution < -0.4 is 11.1 Å². The van der Waals surface area contributed by atoms with Gasteiger partial charge in [0.1, 0.15) is 10.4 Å². The van der Waals surface area contributed by atoms with Gasteiger partial charge in [-0.1, -0.05) is 0 Å². The Morgan fingerprint density at radius 1 is 1.45 bits per heavy atom. The summed E-state index contributed by atoms with van der Waals surface area (Å²) in [6.07, 6.45) is 1.66. The fraction of sp³-hybridized carbons (Fsp3) is 0.385. The van der Waals surface area contributed by atoms with E-state index in [1.54, 1.807) is 13.3 Å². The normalized spacial score (nSPS) is 10.8. The Balaban J connectivity index is 1.89. The topological polar surface area (TPSA) is 86.5 Å². The van der Waals surface area contributed by atoms with Crippen molar-refractivity contribution in [3.05, 3.63) is 23.2 Å². The first-order valence-electron chi connectivity index (χ1n) is 6.22. The first-order chi connectivity index (χ1) is 9.74. The Kier molecular flexibility index (Phi) is 5.28. The molecule has 0 aliphatic carbocycles.